The van der Waals surface area contributed by atoms with Crippen LogP contribution in [0.1, 0.15) is 0 Å². The zero-order valence-corrected chi connectivity index (χ0v) is 31.8. The Bertz CT molecular complexity index is 3820. The van der Waals surface area contributed by atoms with Gasteiger partial charge in [0.25, 0.3) is 0 Å². The Morgan fingerprint density at radius 3 is 1.54 bits per heavy atom. The van der Waals surface area contributed by atoms with Gasteiger partial charge in [-0.25, -0.2) is 9.97 Å². The number of hydrogen-bond acceptors (Lipinski definition) is 3. The molecule has 0 spiro atoms. The molecule has 0 aliphatic rings. The van der Waals surface area contributed by atoms with Gasteiger partial charge in [-0.3, -0.25) is 0 Å². The third kappa shape index (κ3) is 4.82. The number of rotatable bonds is 4. The van der Waals surface area contributed by atoms with Crippen molar-refractivity contribution in [3.05, 3.63) is 194 Å². The van der Waals surface area contributed by atoms with Crippen molar-refractivity contribution in [2.24, 2.45) is 0 Å². The van der Waals surface area contributed by atoms with Gasteiger partial charge in [-0.1, -0.05) is 164 Å². The van der Waals surface area contributed by atoms with E-state index in [1.807, 2.05) is 18.2 Å². The Labute approximate surface area is 338 Å². The molecule has 0 fully saturated rings. The van der Waals surface area contributed by atoms with Crippen molar-refractivity contribution in [2.45, 2.75) is 0 Å². The second-order valence-electron chi connectivity index (χ2n) is 15.6. The molecule has 2 heterocycles. The first-order valence-corrected chi connectivity index (χ1v) is 20.1. The minimum absolute atomic E-state index is 0.662. The predicted molar refractivity (Wildman–Crippen MR) is 247 cm³/mol. The molecule has 0 saturated carbocycles. The predicted octanol–water partition coefficient (Wildman–Crippen LogP) is 15.4. The summed E-state index contributed by atoms with van der Waals surface area (Å²) in [6, 6.07) is 69.8. The fourth-order valence-electron chi connectivity index (χ4n) is 9.69. The lowest BCUT2D eigenvalue weighted by molar-refractivity contribution is 0.670. The highest BCUT2D eigenvalue weighted by molar-refractivity contribution is 6.37. The van der Waals surface area contributed by atoms with E-state index in [4.69, 9.17) is 14.4 Å². The van der Waals surface area contributed by atoms with E-state index in [1.54, 1.807) is 0 Å². The van der Waals surface area contributed by atoms with Crippen LogP contribution in [0.2, 0.25) is 0 Å². The van der Waals surface area contributed by atoms with Crippen LogP contribution in [0.15, 0.2) is 199 Å². The molecule has 0 N–H and O–H groups in total. The summed E-state index contributed by atoms with van der Waals surface area (Å²) in [7, 11) is 0. The number of para-hydroxylation sites is 2. The van der Waals surface area contributed by atoms with Gasteiger partial charge in [-0.05, 0) is 106 Å². The lowest BCUT2D eigenvalue weighted by Gasteiger charge is -2.17. The molecule has 3 heteroatoms. The highest BCUT2D eigenvalue weighted by Crippen LogP contribution is 2.45. The third-order valence-corrected chi connectivity index (χ3v) is 12.4. The molecule has 0 amide bonds. The van der Waals surface area contributed by atoms with Crippen LogP contribution in [0.3, 0.4) is 0 Å². The van der Waals surface area contributed by atoms with Gasteiger partial charge in [0.05, 0.1) is 11.4 Å². The SMILES string of the molecule is c1ccc(-c2ccc(-c3nc(-c4cc5ccc6cccc7c8cccc9ccc%10cccc(c(c4)c5c67)c%10c98)cc(-c4cccc5c4oc4ccccc45)n3)cc2)cc1. The maximum atomic E-state index is 6.59. The van der Waals surface area contributed by atoms with Gasteiger partial charge in [0, 0.05) is 27.5 Å². The van der Waals surface area contributed by atoms with E-state index >= 15 is 0 Å². The van der Waals surface area contributed by atoms with Crippen molar-refractivity contribution in [2.75, 3.05) is 0 Å². The molecular weight excluding hydrogens is 717 g/mol. The lowest BCUT2D eigenvalue weighted by Crippen LogP contribution is -1.97. The molecule has 0 saturated heterocycles. The van der Waals surface area contributed by atoms with Gasteiger partial charge in [-0.15, -0.1) is 0 Å². The smallest absolute Gasteiger partial charge is 0.160 e. The van der Waals surface area contributed by atoms with Crippen molar-refractivity contribution in [3.8, 4) is 45.0 Å². The molecule has 11 aromatic carbocycles. The van der Waals surface area contributed by atoms with E-state index in [0.29, 0.717) is 5.82 Å². The number of aromatic nitrogens is 2. The third-order valence-electron chi connectivity index (χ3n) is 12.4. The Kier molecular flexibility index (Phi) is 6.72. The monoisotopic (exact) mass is 748 g/mol. The van der Waals surface area contributed by atoms with Crippen LogP contribution in [-0.4, -0.2) is 9.97 Å². The first kappa shape index (κ1) is 32.2. The minimum Gasteiger partial charge on any atom is -0.455 e. The Hall–Kier alpha value is -7.88. The summed E-state index contributed by atoms with van der Waals surface area (Å²) in [4.78, 5) is 10.7. The highest BCUT2D eigenvalue weighted by atomic mass is 16.3. The largest absolute Gasteiger partial charge is 0.455 e. The zero-order chi connectivity index (χ0) is 38.6. The lowest BCUT2D eigenvalue weighted by atomic mass is 9.87. The standard InChI is InChI=1S/C56H32N2O/c1-2-10-33(11-3-1)34-22-27-38(28-23-34)56-57-48(32-49(58-56)46-20-9-19-45-41-15-4-5-21-50(41)59-55(45)46)40-30-39-29-26-37-13-7-17-43-42-16-6-12-35-24-25-36-14-8-18-44(53(36)51(35)42)47(31-40)54(39)52(37)43/h1-32H. The first-order valence-electron chi connectivity index (χ1n) is 20.1. The summed E-state index contributed by atoms with van der Waals surface area (Å²) in [6.45, 7) is 0. The summed E-state index contributed by atoms with van der Waals surface area (Å²) in [5.74, 6) is 0.662. The Morgan fingerprint density at radius 1 is 0.305 bits per heavy atom. The number of furan rings is 1. The molecule has 13 rings (SSSR count). The van der Waals surface area contributed by atoms with Crippen LogP contribution in [0.5, 0.6) is 0 Å². The molecule has 0 aliphatic heterocycles. The van der Waals surface area contributed by atoms with Crippen molar-refractivity contribution in [3.63, 3.8) is 0 Å². The van der Waals surface area contributed by atoms with Crippen molar-refractivity contribution in [1.82, 2.24) is 9.97 Å². The van der Waals surface area contributed by atoms with Crippen LogP contribution in [0.4, 0.5) is 0 Å². The van der Waals surface area contributed by atoms with Gasteiger partial charge in [-0.2, -0.15) is 0 Å². The van der Waals surface area contributed by atoms with Gasteiger partial charge >= 0.3 is 0 Å². The van der Waals surface area contributed by atoms with Crippen LogP contribution in [0, 0.1) is 0 Å². The number of hydrogen-bond donors (Lipinski definition) is 0. The van der Waals surface area contributed by atoms with E-state index < -0.39 is 0 Å². The summed E-state index contributed by atoms with van der Waals surface area (Å²) in [6.07, 6.45) is 0. The summed E-state index contributed by atoms with van der Waals surface area (Å²) < 4.78 is 6.59. The van der Waals surface area contributed by atoms with Gasteiger partial charge in [0.2, 0.25) is 0 Å². The Balaban J connectivity index is 1.13. The molecular formula is C56H32N2O. The fourth-order valence-corrected chi connectivity index (χ4v) is 9.69. The Morgan fingerprint density at radius 2 is 0.831 bits per heavy atom. The summed E-state index contributed by atoms with van der Waals surface area (Å²) in [5, 5.41) is 17.1. The van der Waals surface area contributed by atoms with Crippen molar-refractivity contribution < 1.29 is 4.42 Å². The molecule has 3 nitrogen and oxygen atoms in total. The van der Waals surface area contributed by atoms with Gasteiger partial charge in [0.15, 0.2) is 5.82 Å². The van der Waals surface area contributed by atoms with Crippen molar-refractivity contribution >= 4 is 86.6 Å². The molecule has 59 heavy (non-hydrogen) atoms. The van der Waals surface area contributed by atoms with Crippen LogP contribution in [-0.2, 0) is 0 Å². The fraction of sp³-hybridized carbons (Fsp3) is 0. The maximum absolute atomic E-state index is 6.59. The van der Waals surface area contributed by atoms with E-state index in [0.717, 1.165) is 55.6 Å². The van der Waals surface area contributed by atoms with Gasteiger partial charge in [0.1, 0.15) is 11.2 Å². The van der Waals surface area contributed by atoms with E-state index in [2.05, 4.69) is 176 Å². The molecule has 0 aliphatic carbocycles. The van der Waals surface area contributed by atoms with E-state index in [1.165, 1.54) is 70.2 Å². The summed E-state index contributed by atoms with van der Waals surface area (Å²) in [5.41, 5.74) is 8.58. The highest BCUT2D eigenvalue weighted by Gasteiger charge is 2.20. The maximum Gasteiger partial charge on any atom is 0.160 e. The van der Waals surface area contributed by atoms with E-state index in [-0.39, 0.29) is 0 Å². The molecule has 0 bridgehead atoms. The van der Waals surface area contributed by atoms with Crippen LogP contribution >= 0.6 is 0 Å². The summed E-state index contributed by atoms with van der Waals surface area (Å²) >= 11 is 0. The topological polar surface area (TPSA) is 38.9 Å². The minimum atomic E-state index is 0.662. The molecule has 0 radical (unpaired) electrons. The number of benzene rings is 10. The van der Waals surface area contributed by atoms with Crippen LogP contribution in [0.25, 0.3) is 132 Å². The second-order valence-corrected chi connectivity index (χ2v) is 15.6. The molecule has 0 unspecified atom stereocenters. The first-order chi connectivity index (χ1) is 29.2. The molecule has 0 atom stereocenters. The van der Waals surface area contributed by atoms with E-state index in [9.17, 15) is 0 Å². The quantitative estimate of drug-likeness (QED) is 0.168. The molecule has 272 valence electrons. The molecule has 13 aromatic rings. The normalized spacial score (nSPS) is 12.1. The second kappa shape index (κ2) is 12.3. The zero-order valence-electron chi connectivity index (χ0n) is 31.8. The number of nitrogens with zero attached hydrogens (tertiary/aromatic N) is 2. The average molecular weight is 749 g/mol. The number of fused-ring (bicyclic) bond motifs is 5. The van der Waals surface area contributed by atoms with Gasteiger partial charge < -0.3 is 4.42 Å². The molecule has 2 aromatic heterocycles. The average Bonchev–Trinajstić information content (AvgIpc) is 3.69. The van der Waals surface area contributed by atoms with Crippen molar-refractivity contribution in [1.29, 1.82) is 0 Å². The van der Waals surface area contributed by atoms with Crippen LogP contribution < -0.4 is 0 Å².